The van der Waals surface area contributed by atoms with Crippen molar-refractivity contribution in [2.45, 2.75) is 25.9 Å². The van der Waals surface area contributed by atoms with Crippen LogP contribution in [0.4, 0.5) is 18.9 Å². The van der Waals surface area contributed by atoms with Crippen molar-refractivity contribution in [1.82, 2.24) is 15.0 Å². The van der Waals surface area contributed by atoms with Crippen LogP contribution < -0.4 is 4.90 Å². The smallest absolute Gasteiger partial charge is 0.306 e. The maximum absolute atomic E-state index is 13.3. The van der Waals surface area contributed by atoms with E-state index in [1.165, 1.54) is 24.4 Å². The first kappa shape index (κ1) is 18.2. The minimum Gasteiger partial charge on any atom is -0.306 e. The summed E-state index contributed by atoms with van der Waals surface area (Å²) in [5.74, 6) is -0.369. The number of anilines is 1. The van der Waals surface area contributed by atoms with Gasteiger partial charge in [-0.2, -0.15) is 13.2 Å². The summed E-state index contributed by atoms with van der Waals surface area (Å²) in [6, 6.07) is 10.9. The maximum Gasteiger partial charge on any atom is 0.418 e. The zero-order valence-corrected chi connectivity index (χ0v) is 15.1. The lowest BCUT2D eigenvalue weighted by Gasteiger charge is -2.30. The molecule has 0 N–H and O–H groups in total. The summed E-state index contributed by atoms with van der Waals surface area (Å²) in [7, 11) is 0. The second-order valence-corrected chi connectivity index (χ2v) is 6.71. The van der Waals surface area contributed by atoms with Crippen LogP contribution >= 0.6 is 0 Å². The summed E-state index contributed by atoms with van der Waals surface area (Å²) in [6.45, 7) is 2.46. The van der Waals surface area contributed by atoms with E-state index in [-0.39, 0.29) is 17.3 Å². The van der Waals surface area contributed by atoms with Crippen molar-refractivity contribution in [3.8, 4) is 5.69 Å². The summed E-state index contributed by atoms with van der Waals surface area (Å²) >= 11 is 0. The maximum atomic E-state index is 13.3. The van der Waals surface area contributed by atoms with Crippen molar-refractivity contribution in [2.75, 3.05) is 11.4 Å². The lowest BCUT2D eigenvalue weighted by molar-refractivity contribution is -0.137. The summed E-state index contributed by atoms with van der Waals surface area (Å²) in [6.07, 6.45) is -1.59. The van der Waals surface area contributed by atoms with Crippen LogP contribution in [-0.2, 0) is 12.6 Å². The van der Waals surface area contributed by atoms with Crippen LogP contribution in [0.5, 0.6) is 0 Å². The van der Waals surface area contributed by atoms with Gasteiger partial charge < -0.3 is 4.90 Å². The Labute approximate surface area is 159 Å². The molecular weight excluding hydrogens is 369 g/mol. The molecule has 4 rings (SSSR count). The standard InChI is InChI=1S/C20H17F3N4O/c1-13-6-4-7-14-8-5-11-26(18(13)14)19(28)16-12-27(25-24-16)17-10-3-2-9-15(17)20(21,22)23/h2-4,6-7,9-10,12H,5,8,11H2,1H3. The Bertz CT molecular complexity index is 1040. The quantitative estimate of drug-likeness (QED) is 0.664. The van der Waals surface area contributed by atoms with Gasteiger partial charge in [0.25, 0.3) is 5.91 Å². The average molecular weight is 386 g/mol. The number of nitrogens with zero attached hydrogens (tertiary/aromatic N) is 4. The molecule has 0 fully saturated rings. The molecule has 2 heterocycles. The lowest BCUT2D eigenvalue weighted by Crippen LogP contribution is -2.36. The number of hydrogen-bond acceptors (Lipinski definition) is 3. The molecule has 0 saturated carbocycles. The SMILES string of the molecule is Cc1cccc2c1N(C(=O)c1cn(-c3ccccc3C(F)(F)F)nn1)CCC2. The lowest BCUT2D eigenvalue weighted by atomic mass is 9.98. The number of amides is 1. The van der Waals surface area contributed by atoms with Crippen molar-refractivity contribution < 1.29 is 18.0 Å². The van der Waals surface area contributed by atoms with Gasteiger partial charge in [0.1, 0.15) is 0 Å². The highest BCUT2D eigenvalue weighted by atomic mass is 19.4. The van der Waals surface area contributed by atoms with E-state index in [1.807, 2.05) is 25.1 Å². The van der Waals surface area contributed by atoms with Crippen molar-refractivity contribution in [3.05, 3.63) is 71.0 Å². The Kier molecular flexibility index (Phi) is 4.41. The average Bonchev–Trinajstić information content (AvgIpc) is 3.17. The first-order valence-electron chi connectivity index (χ1n) is 8.85. The second-order valence-electron chi connectivity index (χ2n) is 6.71. The third-order valence-electron chi connectivity index (χ3n) is 4.83. The molecule has 1 amide bonds. The van der Waals surface area contributed by atoms with Gasteiger partial charge in [-0.05, 0) is 43.0 Å². The number of benzene rings is 2. The fourth-order valence-corrected chi connectivity index (χ4v) is 3.58. The number of carbonyl (C=O) groups excluding carboxylic acids is 1. The Morgan fingerprint density at radius 3 is 2.68 bits per heavy atom. The van der Waals surface area contributed by atoms with E-state index < -0.39 is 11.7 Å². The third-order valence-corrected chi connectivity index (χ3v) is 4.83. The first-order chi connectivity index (χ1) is 13.4. The number of fused-ring (bicyclic) bond motifs is 1. The number of hydrogen-bond donors (Lipinski definition) is 0. The normalized spacial score (nSPS) is 14.1. The summed E-state index contributed by atoms with van der Waals surface area (Å²) in [5.41, 5.74) is 1.90. The molecule has 0 atom stereocenters. The van der Waals surface area contributed by atoms with Gasteiger partial charge in [-0.15, -0.1) is 5.10 Å². The molecule has 2 aromatic carbocycles. The molecule has 5 nitrogen and oxygen atoms in total. The third kappa shape index (κ3) is 3.15. The second kappa shape index (κ2) is 6.78. The van der Waals surface area contributed by atoms with Gasteiger partial charge in [-0.1, -0.05) is 35.5 Å². The Morgan fingerprint density at radius 2 is 1.89 bits per heavy atom. The largest absolute Gasteiger partial charge is 0.418 e. The van der Waals surface area contributed by atoms with Crippen LogP contribution in [0.25, 0.3) is 5.69 Å². The van der Waals surface area contributed by atoms with Crippen LogP contribution in [0.3, 0.4) is 0 Å². The van der Waals surface area contributed by atoms with Crippen molar-refractivity contribution in [2.24, 2.45) is 0 Å². The zero-order chi connectivity index (χ0) is 19.9. The Balaban J connectivity index is 1.70. The number of rotatable bonds is 2. The Hall–Kier alpha value is -3.16. The molecule has 0 aliphatic carbocycles. The predicted octanol–water partition coefficient (Wildman–Crippen LogP) is 4.19. The van der Waals surface area contributed by atoms with E-state index in [0.717, 1.165) is 40.4 Å². The molecule has 0 spiro atoms. The fourth-order valence-electron chi connectivity index (χ4n) is 3.58. The summed E-state index contributed by atoms with van der Waals surface area (Å²) in [4.78, 5) is 14.7. The molecule has 0 saturated heterocycles. The first-order valence-corrected chi connectivity index (χ1v) is 8.85. The van der Waals surface area contributed by atoms with E-state index in [2.05, 4.69) is 10.3 Å². The Morgan fingerprint density at radius 1 is 1.11 bits per heavy atom. The van der Waals surface area contributed by atoms with Crippen molar-refractivity contribution in [3.63, 3.8) is 0 Å². The molecule has 3 aromatic rings. The molecule has 28 heavy (non-hydrogen) atoms. The van der Waals surface area contributed by atoms with Crippen LogP contribution in [0.2, 0.25) is 0 Å². The van der Waals surface area contributed by atoms with Gasteiger partial charge in [0.05, 0.1) is 23.1 Å². The van der Waals surface area contributed by atoms with Crippen LogP contribution in [0.15, 0.2) is 48.7 Å². The number of aromatic nitrogens is 3. The minimum absolute atomic E-state index is 0.00748. The number of aryl methyl sites for hydroxylation is 2. The van der Waals surface area contributed by atoms with Crippen molar-refractivity contribution >= 4 is 11.6 Å². The highest BCUT2D eigenvalue weighted by Crippen LogP contribution is 2.34. The monoisotopic (exact) mass is 386 g/mol. The number of carbonyl (C=O) groups is 1. The summed E-state index contributed by atoms with van der Waals surface area (Å²) < 4.78 is 40.8. The zero-order valence-electron chi connectivity index (χ0n) is 15.1. The van der Waals surface area contributed by atoms with Crippen LogP contribution in [-0.4, -0.2) is 27.4 Å². The number of halogens is 3. The highest BCUT2D eigenvalue weighted by molar-refractivity contribution is 6.05. The molecule has 1 aliphatic heterocycles. The van der Waals surface area contributed by atoms with E-state index >= 15 is 0 Å². The predicted molar refractivity (Wildman–Crippen MR) is 97.5 cm³/mol. The van der Waals surface area contributed by atoms with Gasteiger partial charge in [0.2, 0.25) is 0 Å². The van der Waals surface area contributed by atoms with Crippen LogP contribution in [0, 0.1) is 6.92 Å². The van der Waals surface area contributed by atoms with E-state index in [0.29, 0.717) is 6.54 Å². The number of para-hydroxylation sites is 2. The fraction of sp³-hybridized carbons (Fsp3) is 0.250. The molecule has 1 aliphatic rings. The molecule has 0 bridgehead atoms. The molecule has 0 unspecified atom stereocenters. The van der Waals surface area contributed by atoms with Gasteiger partial charge >= 0.3 is 6.18 Å². The molecule has 0 radical (unpaired) electrons. The molecular formula is C20H17F3N4O. The van der Waals surface area contributed by atoms with Crippen molar-refractivity contribution in [1.29, 1.82) is 0 Å². The highest BCUT2D eigenvalue weighted by Gasteiger charge is 2.34. The van der Waals surface area contributed by atoms with Crippen LogP contribution in [0.1, 0.15) is 33.6 Å². The van der Waals surface area contributed by atoms with E-state index in [4.69, 9.17) is 0 Å². The molecule has 1 aromatic heterocycles. The van der Waals surface area contributed by atoms with Gasteiger partial charge in [0, 0.05) is 6.54 Å². The van der Waals surface area contributed by atoms with Gasteiger partial charge in [-0.25, -0.2) is 4.68 Å². The van der Waals surface area contributed by atoms with Gasteiger partial charge in [0.15, 0.2) is 5.69 Å². The number of alkyl halides is 3. The topological polar surface area (TPSA) is 51.0 Å². The van der Waals surface area contributed by atoms with E-state index in [9.17, 15) is 18.0 Å². The van der Waals surface area contributed by atoms with E-state index in [1.54, 1.807) is 4.90 Å². The molecule has 144 valence electrons. The summed E-state index contributed by atoms with van der Waals surface area (Å²) in [5, 5.41) is 7.62. The molecule has 8 heteroatoms. The minimum atomic E-state index is -4.53. The van der Waals surface area contributed by atoms with Gasteiger partial charge in [-0.3, -0.25) is 4.79 Å².